The first-order chi connectivity index (χ1) is 7.59. The van der Waals surface area contributed by atoms with Crippen molar-refractivity contribution >= 4 is 0 Å². The summed E-state index contributed by atoms with van der Waals surface area (Å²) in [5.41, 5.74) is 11.8. The van der Waals surface area contributed by atoms with Gasteiger partial charge in [0, 0.05) is 0 Å². The van der Waals surface area contributed by atoms with Crippen molar-refractivity contribution in [3.63, 3.8) is 0 Å². The number of nitrogens with zero attached hydrogens (tertiary/aromatic N) is 2. The van der Waals surface area contributed by atoms with Gasteiger partial charge in [-0.2, -0.15) is 15.4 Å². The number of H-pyrrole nitrogens is 1. The fraction of sp³-hybridized carbons (Fsp3) is 0.333. The van der Waals surface area contributed by atoms with Gasteiger partial charge in [0.25, 0.3) is 0 Å². The Morgan fingerprint density at radius 2 is 1.81 bits per heavy atom. The number of aryl methyl sites for hydroxylation is 3. The minimum Gasteiger partial charge on any atom is -0.319 e. The first kappa shape index (κ1) is 10.8. The van der Waals surface area contributed by atoms with E-state index in [4.69, 9.17) is 5.73 Å². The molecule has 16 heavy (non-hydrogen) atoms. The van der Waals surface area contributed by atoms with Gasteiger partial charge < -0.3 is 5.73 Å². The van der Waals surface area contributed by atoms with Gasteiger partial charge in [0.2, 0.25) is 0 Å². The molecule has 0 spiro atoms. The predicted molar refractivity (Wildman–Crippen MR) is 63.1 cm³/mol. The summed E-state index contributed by atoms with van der Waals surface area (Å²) in [6.07, 6.45) is 1.67. The summed E-state index contributed by atoms with van der Waals surface area (Å²) in [5, 5.41) is 10.4. The molecule has 0 saturated heterocycles. The van der Waals surface area contributed by atoms with E-state index in [2.05, 4.69) is 48.3 Å². The van der Waals surface area contributed by atoms with Crippen LogP contribution in [-0.4, -0.2) is 15.4 Å². The second-order valence-electron chi connectivity index (χ2n) is 4.17. The molecule has 0 radical (unpaired) electrons. The van der Waals surface area contributed by atoms with Crippen LogP contribution in [0, 0.1) is 20.8 Å². The molecule has 1 unspecified atom stereocenters. The summed E-state index contributed by atoms with van der Waals surface area (Å²) >= 11 is 0. The number of aromatic amines is 1. The van der Waals surface area contributed by atoms with Gasteiger partial charge in [0.15, 0.2) is 0 Å². The van der Waals surface area contributed by atoms with E-state index in [0.717, 1.165) is 11.3 Å². The largest absolute Gasteiger partial charge is 0.319 e. The van der Waals surface area contributed by atoms with Crippen molar-refractivity contribution in [1.82, 2.24) is 15.4 Å². The van der Waals surface area contributed by atoms with Crippen molar-refractivity contribution in [3.8, 4) is 0 Å². The molecule has 4 heteroatoms. The lowest BCUT2D eigenvalue weighted by molar-refractivity contribution is 0.802. The van der Waals surface area contributed by atoms with Crippen LogP contribution >= 0.6 is 0 Å². The fourth-order valence-electron chi connectivity index (χ4n) is 1.84. The highest BCUT2D eigenvalue weighted by atomic mass is 15.3. The maximum absolute atomic E-state index is 6.16. The normalized spacial score (nSPS) is 12.8. The zero-order valence-electron chi connectivity index (χ0n) is 9.78. The van der Waals surface area contributed by atoms with E-state index in [1.54, 1.807) is 6.20 Å². The Hall–Kier alpha value is -1.68. The SMILES string of the molecule is Cc1cc(C)c(C(N)c2cn[nH]n2)cc1C. The van der Waals surface area contributed by atoms with Gasteiger partial charge in [0.1, 0.15) is 5.69 Å². The van der Waals surface area contributed by atoms with Gasteiger partial charge >= 0.3 is 0 Å². The lowest BCUT2D eigenvalue weighted by atomic mass is 9.95. The summed E-state index contributed by atoms with van der Waals surface area (Å²) in [4.78, 5) is 0. The Morgan fingerprint density at radius 3 is 2.44 bits per heavy atom. The summed E-state index contributed by atoms with van der Waals surface area (Å²) in [5.74, 6) is 0. The molecule has 0 aliphatic carbocycles. The molecule has 0 bridgehead atoms. The standard InChI is InChI=1S/C12H16N4/c1-7-4-9(3)10(5-8(7)2)12(13)11-6-14-16-15-11/h4-6,12H,13H2,1-3H3,(H,14,15,16). The summed E-state index contributed by atoms with van der Waals surface area (Å²) < 4.78 is 0. The first-order valence-electron chi connectivity index (χ1n) is 5.28. The van der Waals surface area contributed by atoms with E-state index in [0.29, 0.717) is 0 Å². The summed E-state index contributed by atoms with van der Waals surface area (Å²) in [7, 11) is 0. The Balaban J connectivity index is 2.44. The monoisotopic (exact) mass is 216 g/mol. The molecule has 0 fully saturated rings. The number of hydrogen-bond donors (Lipinski definition) is 2. The van der Waals surface area contributed by atoms with Crippen LogP contribution in [0.3, 0.4) is 0 Å². The van der Waals surface area contributed by atoms with E-state index in [-0.39, 0.29) is 6.04 Å². The average molecular weight is 216 g/mol. The van der Waals surface area contributed by atoms with Crippen LogP contribution in [0.5, 0.6) is 0 Å². The molecular formula is C12H16N4. The van der Waals surface area contributed by atoms with Crippen LogP contribution in [0.4, 0.5) is 0 Å². The summed E-state index contributed by atoms with van der Waals surface area (Å²) in [6, 6.07) is 4.08. The maximum atomic E-state index is 6.16. The van der Waals surface area contributed by atoms with Crippen molar-refractivity contribution in [1.29, 1.82) is 0 Å². The number of nitrogens with one attached hydrogen (secondary N) is 1. The molecule has 2 rings (SSSR count). The van der Waals surface area contributed by atoms with Gasteiger partial charge in [-0.25, -0.2) is 0 Å². The lowest BCUT2D eigenvalue weighted by Crippen LogP contribution is -2.14. The topological polar surface area (TPSA) is 67.6 Å². The average Bonchev–Trinajstić information content (AvgIpc) is 2.75. The fourth-order valence-corrected chi connectivity index (χ4v) is 1.84. The van der Waals surface area contributed by atoms with E-state index in [9.17, 15) is 0 Å². The maximum Gasteiger partial charge on any atom is 0.104 e. The minimum absolute atomic E-state index is 0.210. The van der Waals surface area contributed by atoms with Crippen LogP contribution in [0.15, 0.2) is 18.3 Å². The molecule has 4 nitrogen and oxygen atoms in total. The number of rotatable bonds is 2. The molecule has 2 aromatic rings. The van der Waals surface area contributed by atoms with Crippen molar-refractivity contribution in [3.05, 3.63) is 46.3 Å². The zero-order valence-corrected chi connectivity index (χ0v) is 9.78. The van der Waals surface area contributed by atoms with Crippen LogP contribution in [-0.2, 0) is 0 Å². The molecule has 0 amide bonds. The highest BCUT2D eigenvalue weighted by Crippen LogP contribution is 2.23. The number of hydrogen-bond acceptors (Lipinski definition) is 3. The van der Waals surface area contributed by atoms with E-state index < -0.39 is 0 Å². The molecule has 0 saturated carbocycles. The number of aromatic nitrogens is 3. The van der Waals surface area contributed by atoms with Crippen LogP contribution in [0.1, 0.15) is 34.0 Å². The van der Waals surface area contributed by atoms with Crippen molar-refractivity contribution in [2.45, 2.75) is 26.8 Å². The smallest absolute Gasteiger partial charge is 0.104 e. The third kappa shape index (κ3) is 1.84. The van der Waals surface area contributed by atoms with E-state index in [1.165, 1.54) is 16.7 Å². The minimum atomic E-state index is -0.210. The molecule has 3 N–H and O–H groups in total. The van der Waals surface area contributed by atoms with Crippen LogP contribution < -0.4 is 5.73 Å². The predicted octanol–water partition coefficient (Wildman–Crippen LogP) is 1.78. The highest BCUT2D eigenvalue weighted by Gasteiger charge is 2.14. The Bertz CT molecular complexity index is 488. The molecule has 1 aromatic carbocycles. The van der Waals surface area contributed by atoms with Crippen molar-refractivity contribution < 1.29 is 0 Å². The molecule has 0 aliphatic heterocycles. The summed E-state index contributed by atoms with van der Waals surface area (Å²) in [6.45, 7) is 6.27. The third-order valence-electron chi connectivity index (χ3n) is 2.97. The van der Waals surface area contributed by atoms with Gasteiger partial charge in [-0.1, -0.05) is 12.1 Å². The van der Waals surface area contributed by atoms with Crippen molar-refractivity contribution in [2.75, 3.05) is 0 Å². The Kier molecular flexibility index (Phi) is 2.75. The molecule has 1 heterocycles. The second-order valence-corrected chi connectivity index (χ2v) is 4.17. The number of nitrogens with two attached hydrogens (primary N) is 1. The molecule has 84 valence electrons. The quantitative estimate of drug-likeness (QED) is 0.804. The molecular weight excluding hydrogens is 200 g/mol. The van der Waals surface area contributed by atoms with Gasteiger partial charge in [-0.05, 0) is 43.0 Å². The first-order valence-corrected chi connectivity index (χ1v) is 5.28. The second kappa shape index (κ2) is 4.06. The molecule has 1 atom stereocenters. The lowest BCUT2D eigenvalue weighted by Gasteiger charge is -2.14. The van der Waals surface area contributed by atoms with Gasteiger partial charge in [-0.15, -0.1) is 0 Å². The van der Waals surface area contributed by atoms with Crippen molar-refractivity contribution in [2.24, 2.45) is 5.73 Å². The van der Waals surface area contributed by atoms with Crippen LogP contribution in [0.2, 0.25) is 0 Å². The van der Waals surface area contributed by atoms with Gasteiger partial charge in [0.05, 0.1) is 12.2 Å². The molecule has 1 aromatic heterocycles. The van der Waals surface area contributed by atoms with E-state index in [1.807, 2.05) is 0 Å². The zero-order chi connectivity index (χ0) is 11.7. The highest BCUT2D eigenvalue weighted by molar-refractivity contribution is 5.40. The Labute approximate surface area is 94.9 Å². The van der Waals surface area contributed by atoms with Gasteiger partial charge in [-0.3, -0.25) is 0 Å². The Morgan fingerprint density at radius 1 is 1.12 bits per heavy atom. The number of benzene rings is 1. The van der Waals surface area contributed by atoms with E-state index >= 15 is 0 Å². The third-order valence-corrected chi connectivity index (χ3v) is 2.97. The van der Waals surface area contributed by atoms with Crippen LogP contribution in [0.25, 0.3) is 0 Å². The molecule has 0 aliphatic rings.